The number of hydrogen-bond acceptors (Lipinski definition) is 4. The smallest absolute Gasteiger partial charge is 0.0954 e. The van der Waals surface area contributed by atoms with Gasteiger partial charge in [0.15, 0.2) is 0 Å². The summed E-state index contributed by atoms with van der Waals surface area (Å²) >= 11 is 1.80. The number of rotatable bonds is 5. The Bertz CT molecular complexity index is 369. The fraction of sp³-hybridized carbons (Fsp3) is 0.786. The first kappa shape index (κ1) is 20.1. The summed E-state index contributed by atoms with van der Waals surface area (Å²) in [5.41, 5.74) is 6.91. The Kier molecular flexibility index (Phi) is 10.0. The Morgan fingerprint density at radius 1 is 1.45 bits per heavy atom. The Labute approximate surface area is 139 Å². The molecule has 6 heteroatoms. The third-order valence-corrected chi connectivity index (χ3v) is 4.82. The van der Waals surface area contributed by atoms with E-state index in [9.17, 15) is 0 Å². The monoisotopic (exact) mass is 339 g/mol. The lowest BCUT2D eigenvalue weighted by Crippen LogP contribution is -2.35. The lowest BCUT2D eigenvalue weighted by Gasteiger charge is -2.32. The molecule has 0 amide bonds. The highest BCUT2D eigenvalue weighted by Crippen LogP contribution is 2.23. The van der Waals surface area contributed by atoms with Crippen LogP contribution < -0.4 is 5.73 Å². The number of nitrogens with zero attached hydrogens (tertiary/aromatic N) is 2. The van der Waals surface area contributed by atoms with Crippen LogP contribution in [0.2, 0.25) is 0 Å². The van der Waals surface area contributed by atoms with Crippen LogP contribution in [0, 0.1) is 5.92 Å². The van der Waals surface area contributed by atoms with Gasteiger partial charge in [0.2, 0.25) is 0 Å². The van der Waals surface area contributed by atoms with E-state index in [2.05, 4.69) is 24.1 Å². The summed E-state index contributed by atoms with van der Waals surface area (Å²) in [7, 11) is 0. The predicted octanol–water partition coefficient (Wildman–Crippen LogP) is 3.67. The van der Waals surface area contributed by atoms with Gasteiger partial charge in [-0.1, -0.05) is 13.8 Å². The lowest BCUT2D eigenvalue weighted by molar-refractivity contribution is 0.161. The summed E-state index contributed by atoms with van der Waals surface area (Å²) in [6.45, 7) is 8.68. The minimum atomic E-state index is 0. The third kappa shape index (κ3) is 5.86. The number of hydrogen-bond donors (Lipinski definition) is 1. The molecule has 20 heavy (non-hydrogen) atoms. The minimum Gasteiger partial charge on any atom is -0.330 e. The minimum absolute atomic E-state index is 0. The zero-order chi connectivity index (χ0) is 13.0. The first-order chi connectivity index (χ1) is 8.69. The molecule has 3 nitrogen and oxygen atoms in total. The van der Waals surface area contributed by atoms with Crippen LogP contribution in [-0.2, 0) is 6.54 Å². The fourth-order valence-electron chi connectivity index (χ4n) is 2.66. The standard InChI is InChI=1S/C14H25N3S.2ClH/c1-11(2)14-16-13(10-18-14)9-17-7-3-4-12(8-17)5-6-15;;/h10-12H,3-9,15H2,1-2H3;2*1H. The number of nitrogens with two attached hydrogens (primary N) is 1. The van der Waals surface area contributed by atoms with Crippen molar-refractivity contribution < 1.29 is 0 Å². The molecule has 0 bridgehead atoms. The van der Waals surface area contributed by atoms with E-state index in [1.54, 1.807) is 11.3 Å². The average molecular weight is 340 g/mol. The molecule has 1 aromatic rings. The molecule has 0 saturated carbocycles. The second-order valence-corrected chi connectivity index (χ2v) is 6.54. The van der Waals surface area contributed by atoms with Crippen molar-refractivity contribution in [3.8, 4) is 0 Å². The molecule has 1 aliphatic heterocycles. The largest absolute Gasteiger partial charge is 0.330 e. The summed E-state index contributed by atoms with van der Waals surface area (Å²) in [6, 6.07) is 0. The van der Waals surface area contributed by atoms with Crippen LogP contribution in [0.3, 0.4) is 0 Å². The SMILES string of the molecule is CC(C)c1nc(CN2CCCC(CCN)C2)cs1.Cl.Cl. The van der Waals surface area contributed by atoms with E-state index >= 15 is 0 Å². The summed E-state index contributed by atoms with van der Waals surface area (Å²) < 4.78 is 0. The predicted molar refractivity (Wildman–Crippen MR) is 92.4 cm³/mol. The Balaban J connectivity index is 0.00000180. The highest BCUT2D eigenvalue weighted by Gasteiger charge is 2.20. The van der Waals surface area contributed by atoms with E-state index in [0.29, 0.717) is 5.92 Å². The van der Waals surface area contributed by atoms with Crippen LogP contribution in [0.15, 0.2) is 5.38 Å². The quantitative estimate of drug-likeness (QED) is 0.889. The fourth-order valence-corrected chi connectivity index (χ4v) is 3.48. The van der Waals surface area contributed by atoms with Crippen LogP contribution in [-0.4, -0.2) is 29.5 Å². The molecule has 0 aromatic carbocycles. The van der Waals surface area contributed by atoms with E-state index in [4.69, 9.17) is 10.7 Å². The van der Waals surface area contributed by atoms with Crippen molar-refractivity contribution in [3.05, 3.63) is 16.1 Å². The first-order valence-corrected chi connectivity index (χ1v) is 7.93. The van der Waals surface area contributed by atoms with Gasteiger partial charge in [-0.2, -0.15) is 0 Å². The number of likely N-dealkylation sites (tertiary alicyclic amines) is 1. The molecule has 1 aliphatic rings. The molecule has 2 rings (SSSR count). The van der Waals surface area contributed by atoms with Crippen LogP contribution in [0.25, 0.3) is 0 Å². The van der Waals surface area contributed by atoms with Crippen LogP contribution in [0.4, 0.5) is 0 Å². The summed E-state index contributed by atoms with van der Waals surface area (Å²) in [5, 5.41) is 3.49. The summed E-state index contributed by atoms with van der Waals surface area (Å²) in [6.07, 6.45) is 3.83. The second-order valence-electron chi connectivity index (χ2n) is 5.65. The van der Waals surface area contributed by atoms with Crippen molar-refractivity contribution in [2.24, 2.45) is 11.7 Å². The van der Waals surface area contributed by atoms with E-state index in [1.165, 1.54) is 43.1 Å². The lowest BCUT2D eigenvalue weighted by atomic mass is 9.95. The van der Waals surface area contributed by atoms with E-state index < -0.39 is 0 Å². The van der Waals surface area contributed by atoms with Gasteiger partial charge in [0.25, 0.3) is 0 Å². The highest BCUT2D eigenvalue weighted by atomic mass is 35.5. The van der Waals surface area contributed by atoms with Crippen molar-refractivity contribution in [2.45, 2.75) is 45.6 Å². The van der Waals surface area contributed by atoms with Gasteiger partial charge in [-0.05, 0) is 38.3 Å². The average Bonchev–Trinajstić information content (AvgIpc) is 2.78. The Hall–Kier alpha value is 0.130. The molecule has 1 fully saturated rings. The number of aromatic nitrogens is 1. The molecule has 1 aromatic heterocycles. The van der Waals surface area contributed by atoms with Gasteiger partial charge in [-0.15, -0.1) is 36.2 Å². The van der Waals surface area contributed by atoms with E-state index in [0.717, 1.165) is 19.0 Å². The maximum atomic E-state index is 5.66. The van der Waals surface area contributed by atoms with Crippen LogP contribution >= 0.6 is 36.2 Å². The van der Waals surface area contributed by atoms with Gasteiger partial charge in [0.05, 0.1) is 10.7 Å². The molecule has 1 unspecified atom stereocenters. The van der Waals surface area contributed by atoms with Crippen LogP contribution in [0.1, 0.15) is 49.7 Å². The molecular formula is C14H27Cl2N3S. The highest BCUT2D eigenvalue weighted by molar-refractivity contribution is 7.09. The third-order valence-electron chi connectivity index (χ3n) is 3.63. The van der Waals surface area contributed by atoms with E-state index in [-0.39, 0.29) is 24.8 Å². The van der Waals surface area contributed by atoms with Crippen molar-refractivity contribution in [1.29, 1.82) is 0 Å². The van der Waals surface area contributed by atoms with Gasteiger partial charge < -0.3 is 5.73 Å². The zero-order valence-electron chi connectivity index (χ0n) is 12.4. The van der Waals surface area contributed by atoms with Crippen molar-refractivity contribution in [3.63, 3.8) is 0 Å². The summed E-state index contributed by atoms with van der Waals surface area (Å²) in [5.74, 6) is 1.35. The molecule has 1 saturated heterocycles. The second kappa shape index (κ2) is 9.96. The first-order valence-electron chi connectivity index (χ1n) is 7.05. The molecule has 2 N–H and O–H groups in total. The Morgan fingerprint density at radius 2 is 2.20 bits per heavy atom. The molecule has 118 valence electrons. The van der Waals surface area contributed by atoms with Gasteiger partial charge >= 0.3 is 0 Å². The zero-order valence-corrected chi connectivity index (χ0v) is 14.8. The topological polar surface area (TPSA) is 42.2 Å². The van der Waals surface area contributed by atoms with E-state index in [1.807, 2.05) is 0 Å². The van der Waals surface area contributed by atoms with Crippen molar-refractivity contribution in [1.82, 2.24) is 9.88 Å². The molecule has 2 heterocycles. The Morgan fingerprint density at radius 3 is 2.80 bits per heavy atom. The van der Waals surface area contributed by atoms with Gasteiger partial charge in [0.1, 0.15) is 0 Å². The molecule has 0 radical (unpaired) electrons. The maximum Gasteiger partial charge on any atom is 0.0954 e. The van der Waals surface area contributed by atoms with Gasteiger partial charge in [-0.3, -0.25) is 4.90 Å². The number of piperidine rings is 1. The van der Waals surface area contributed by atoms with Crippen LogP contribution in [0.5, 0.6) is 0 Å². The molecule has 0 aliphatic carbocycles. The van der Waals surface area contributed by atoms with Crippen molar-refractivity contribution in [2.75, 3.05) is 19.6 Å². The number of halogens is 2. The van der Waals surface area contributed by atoms with Gasteiger partial charge in [0, 0.05) is 24.4 Å². The number of thiazole rings is 1. The normalized spacial score (nSPS) is 19.5. The maximum absolute atomic E-state index is 5.66. The van der Waals surface area contributed by atoms with Gasteiger partial charge in [-0.25, -0.2) is 4.98 Å². The molecule has 1 atom stereocenters. The van der Waals surface area contributed by atoms with Crippen molar-refractivity contribution >= 4 is 36.2 Å². The molecule has 0 spiro atoms. The molecular weight excluding hydrogens is 313 g/mol. The summed E-state index contributed by atoms with van der Waals surface area (Å²) in [4.78, 5) is 7.27.